The maximum atomic E-state index is 11.7. The smallest absolute Gasteiger partial charge is 0.336 e. The summed E-state index contributed by atoms with van der Waals surface area (Å²) < 4.78 is 5.92. The lowest BCUT2D eigenvalue weighted by molar-refractivity contribution is 0.0697. The number of ether oxygens (including phenoxy) is 1. The Morgan fingerprint density at radius 2 is 1.43 bits per heavy atom. The third-order valence-electron chi connectivity index (χ3n) is 5.57. The van der Waals surface area contributed by atoms with Crippen molar-refractivity contribution in [1.29, 1.82) is 0 Å². The molecule has 30 heavy (non-hydrogen) atoms. The Kier molecular flexibility index (Phi) is 11.1. The second kappa shape index (κ2) is 13.8. The van der Waals surface area contributed by atoms with Gasteiger partial charge >= 0.3 is 5.97 Å². The summed E-state index contributed by atoms with van der Waals surface area (Å²) in [7, 11) is 0. The van der Waals surface area contributed by atoms with Crippen molar-refractivity contribution >= 4 is 5.97 Å². The van der Waals surface area contributed by atoms with Crippen LogP contribution in [0.5, 0.6) is 5.75 Å². The molecular formula is C27H38O3. The van der Waals surface area contributed by atoms with Crippen LogP contribution in [0.15, 0.2) is 42.5 Å². The molecule has 0 bridgehead atoms. The molecule has 0 amide bonds. The average Bonchev–Trinajstić information content (AvgIpc) is 2.76. The standard InChI is InChI=1S/C27H38O3/c1-3-5-7-9-10-12-20-30-24-18-19-25(27(28)29)26(21-24)23-16-14-22(15-17-23)13-11-8-6-4-2/h14-19,21H,3-13,20H2,1-2H3,(H,28,29). The van der Waals surface area contributed by atoms with Gasteiger partial charge in [-0.1, -0.05) is 89.5 Å². The van der Waals surface area contributed by atoms with Crippen LogP contribution >= 0.6 is 0 Å². The summed E-state index contributed by atoms with van der Waals surface area (Å²) in [4.78, 5) is 11.7. The average molecular weight is 411 g/mol. The van der Waals surface area contributed by atoms with Crippen LogP contribution < -0.4 is 4.74 Å². The molecule has 0 saturated heterocycles. The van der Waals surface area contributed by atoms with E-state index in [4.69, 9.17) is 4.74 Å². The van der Waals surface area contributed by atoms with Crippen LogP contribution in [-0.4, -0.2) is 17.7 Å². The van der Waals surface area contributed by atoms with Crippen LogP contribution in [0.1, 0.15) is 94.0 Å². The Labute approximate surface area is 182 Å². The molecule has 0 fully saturated rings. The van der Waals surface area contributed by atoms with E-state index in [1.807, 2.05) is 18.2 Å². The highest BCUT2D eigenvalue weighted by Gasteiger charge is 2.13. The van der Waals surface area contributed by atoms with Crippen molar-refractivity contribution in [3.63, 3.8) is 0 Å². The van der Waals surface area contributed by atoms with E-state index < -0.39 is 5.97 Å². The topological polar surface area (TPSA) is 46.5 Å². The number of carboxylic acid groups (broad SMARTS) is 1. The van der Waals surface area contributed by atoms with Crippen LogP contribution in [0.3, 0.4) is 0 Å². The highest BCUT2D eigenvalue weighted by molar-refractivity contribution is 5.96. The third-order valence-corrected chi connectivity index (χ3v) is 5.57. The molecule has 0 saturated carbocycles. The summed E-state index contributed by atoms with van der Waals surface area (Å²) in [6.45, 7) is 5.12. The predicted octanol–water partition coefficient (Wildman–Crippen LogP) is 7.91. The first-order valence-electron chi connectivity index (χ1n) is 11.7. The molecule has 0 heterocycles. The van der Waals surface area contributed by atoms with Crippen LogP contribution in [0.2, 0.25) is 0 Å². The van der Waals surface area contributed by atoms with Gasteiger partial charge in [0, 0.05) is 0 Å². The number of unbranched alkanes of at least 4 members (excludes halogenated alkanes) is 8. The number of hydrogen-bond acceptors (Lipinski definition) is 2. The van der Waals surface area contributed by atoms with Crippen LogP contribution in [-0.2, 0) is 6.42 Å². The molecule has 2 rings (SSSR count). The summed E-state index contributed by atoms with van der Waals surface area (Å²) >= 11 is 0. The van der Waals surface area contributed by atoms with E-state index >= 15 is 0 Å². The minimum absolute atomic E-state index is 0.317. The van der Waals surface area contributed by atoms with Crippen molar-refractivity contribution in [2.24, 2.45) is 0 Å². The first kappa shape index (κ1) is 24.0. The second-order valence-electron chi connectivity index (χ2n) is 8.14. The molecule has 2 aromatic rings. The van der Waals surface area contributed by atoms with E-state index in [0.717, 1.165) is 29.7 Å². The first-order valence-corrected chi connectivity index (χ1v) is 11.7. The first-order chi connectivity index (χ1) is 14.7. The number of carbonyl (C=O) groups is 1. The normalized spacial score (nSPS) is 10.9. The lowest BCUT2D eigenvalue weighted by atomic mass is 9.97. The summed E-state index contributed by atoms with van der Waals surface area (Å²) in [6.07, 6.45) is 13.4. The summed E-state index contributed by atoms with van der Waals surface area (Å²) in [6, 6.07) is 13.6. The van der Waals surface area contributed by atoms with E-state index in [2.05, 4.69) is 26.0 Å². The molecule has 0 aliphatic rings. The second-order valence-corrected chi connectivity index (χ2v) is 8.14. The quantitative estimate of drug-likeness (QED) is 0.303. The number of hydrogen-bond donors (Lipinski definition) is 1. The molecule has 0 unspecified atom stereocenters. The van der Waals surface area contributed by atoms with Gasteiger partial charge < -0.3 is 9.84 Å². The monoisotopic (exact) mass is 410 g/mol. The fourth-order valence-electron chi connectivity index (χ4n) is 3.72. The maximum absolute atomic E-state index is 11.7. The predicted molar refractivity (Wildman–Crippen MR) is 126 cm³/mol. The van der Waals surface area contributed by atoms with Gasteiger partial charge in [0.15, 0.2) is 0 Å². The highest BCUT2D eigenvalue weighted by atomic mass is 16.5. The molecule has 0 spiro atoms. The van der Waals surface area contributed by atoms with Crippen LogP contribution in [0, 0.1) is 0 Å². The van der Waals surface area contributed by atoms with Gasteiger partial charge in [-0.2, -0.15) is 0 Å². The summed E-state index contributed by atoms with van der Waals surface area (Å²) in [5.41, 5.74) is 3.27. The number of benzene rings is 2. The molecule has 1 N–H and O–H groups in total. The minimum Gasteiger partial charge on any atom is -0.494 e. The maximum Gasteiger partial charge on any atom is 0.336 e. The molecule has 0 aliphatic carbocycles. The zero-order valence-corrected chi connectivity index (χ0v) is 18.8. The number of carboxylic acids is 1. The van der Waals surface area contributed by atoms with Gasteiger partial charge in [-0.3, -0.25) is 0 Å². The van der Waals surface area contributed by atoms with E-state index in [1.54, 1.807) is 12.1 Å². The van der Waals surface area contributed by atoms with Gasteiger partial charge in [-0.25, -0.2) is 4.79 Å². The molecule has 3 heteroatoms. The van der Waals surface area contributed by atoms with Crippen molar-refractivity contribution in [1.82, 2.24) is 0 Å². The van der Waals surface area contributed by atoms with Crippen molar-refractivity contribution in [2.45, 2.75) is 84.5 Å². The molecule has 3 nitrogen and oxygen atoms in total. The number of aromatic carboxylic acids is 1. The zero-order chi connectivity index (χ0) is 21.6. The van der Waals surface area contributed by atoms with Crippen molar-refractivity contribution in [2.75, 3.05) is 6.61 Å². The summed E-state index contributed by atoms with van der Waals surface area (Å²) in [5, 5.41) is 9.62. The van der Waals surface area contributed by atoms with E-state index in [1.165, 1.54) is 63.4 Å². The van der Waals surface area contributed by atoms with Crippen molar-refractivity contribution < 1.29 is 14.6 Å². The Balaban J connectivity index is 1.99. The molecule has 164 valence electrons. The Bertz CT molecular complexity index is 749. The molecule has 0 radical (unpaired) electrons. The van der Waals surface area contributed by atoms with E-state index in [0.29, 0.717) is 12.2 Å². The van der Waals surface area contributed by atoms with E-state index in [9.17, 15) is 9.90 Å². The van der Waals surface area contributed by atoms with Gasteiger partial charge in [-0.05, 0) is 54.2 Å². The fraction of sp³-hybridized carbons (Fsp3) is 0.519. The van der Waals surface area contributed by atoms with E-state index in [-0.39, 0.29) is 0 Å². The fourth-order valence-corrected chi connectivity index (χ4v) is 3.72. The van der Waals surface area contributed by atoms with Crippen LogP contribution in [0.25, 0.3) is 11.1 Å². The molecule has 0 aliphatic heterocycles. The van der Waals surface area contributed by atoms with Crippen molar-refractivity contribution in [3.8, 4) is 16.9 Å². The number of aryl methyl sites for hydroxylation is 1. The third kappa shape index (κ3) is 8.22. The molecule has 0 atom stereocenters. The molecular weight excluding hydrogens is 372 g/mol. The Morgan fingerprint density at radius 1 is 0.800 bits per heavy atom. The lowest BCUT2D eigenvalue weighted by Gasteiger charge is -2.12. The number of rotatable bonds is 15. The molecule has 0 aromatic heterocycles. The largest absolute Gasteiger partial charge is 0.494 e. The summed E-state index contributed by atoms with van der Waals surface area (Å²) in [5.74, 6) is -0.164. The Hall–Kier alpha value is -2.29. The lowest BCUT2D eigenvalue weighted by Crippen LogP contribution is -2.02. The Morgan fingerprint density at radius 3 is 2.10 bits per heavy atom. The van der Waals surface area contributed by atoms with Gasteiger partial charge in [0.2, 0.25) is 0 Å². The van der Waals surface area contributed by atoms with Gasteiger partial charge in [-0.15, -0.1) is 0 Å². The van der Waals surface area contributed by atoms with Crippen LogP contribution in [0.4, 0.5) is 0 Å². The highest BCUT2D eigenvalue weighted by Crippen LogP contribution is 2.29. The SMILES string of the molecule is CCCCCCCCOc1ccc(C(=O)O)c(-c2ccc(CCCCCC)cc2)c1. The van der Waals surface area contributed by atoms with Crippen molar-refractivity contribution in [3.05, 3.63) is 53.6 Å². The minimum atomic E-state index is -0.906. The van der Waals surface area contributed by atoms with Gasteiger partial charge in [0.1, 0.15) is 5.75 Å². The van der Waals surface area contributed by atoms with Gasteiger partial charge in [0.05, 0.1) is 12.2 Å². The van der Waals surface area contributed by atoms with Gasteiger partial charge in [0.25, 0.3) is 0 Å². The zero-order valence-electron chi connectivity index (χ0n) is 18.8. The molecule has 2 aromatic carbocycles.